The fourth-order valence-electron chi connectivity index (χ4n) is 3.93. The monoisotopic (exact) mass is 475 g/mol. The summed E-state index contributed by atoms with van der Waals surface area (Å²) in [7, 11) is 0. The molecule has 0 fully saturated rings. The van der Waals surface area contributed by atoms with Crippen LogP contribution in [0.5, 0.6) is 11.5 Å². The van der Waals surface area contributed by atoms with E-state index in [-0.39, 0.29) is 5.41 Å². The standard InChI is InChI=1S/C31H29N3O2/c1-21-13-16-24(17-14-21)33-30(35)34-27-19-22(25-10-6-5-9-23(25)20-32)15-18-29(27)36-28-12-8-7-11-26(28)31(2,3)4/h5-19H,1-4H3,(H2,33,34,35). The molecule has 0 aliphatic carbocycles. The molecule has 5 nitrogen and oxygen atoms in total. The quantitative estimate of drug-likeness (QED) is 0.305. The van der Waals surface area contributed by atoms with E-state index in [1.54, 1.807) is 6.07 Å². The number of hydrogen-bond donors (Lipinski definition) is 2. The molecule has 0 radical (unpaired) electrons. The predicted molar refractivity (Wildman–Crippen MR) is 146 cm³/mol. The Hall–Kier alpha value is -4.56. The first-order valence-corrected chi connectivity index (χ1v) is 11.8. The molecule has 0 saturated heterocycles. The zero-order chi connectivity index (χ0) is 25.7. The van der Waals surface area contributed by atoms with Crippen molar-refractivity contribution in [2.75, 3.05) is 10.6 Å². The number of urea groups is 1. The number of nitrogens with zero attached hydrogens (tertiary/aromatic N) is 1. The molecular weight excluding hydrogens is 446 g/mol. The van der Waals surface area contributed by atoms with Crippen LogP contribution < -0.4 is 15.4 Å². The molecule has 0 bridgehead atoms. The van der Waals surface area contributed by atoms with E-state index in [4.69, 9.17) is 4.74 Å². The Morgan fingerprint density at radius 3 is 2.25 bits per heavy atom. The third-order valence-electron chi connectivity index (χ3n) is 5.81. The molecule has 0 spiro atoms. The van der Waals surface area contributed by atoms with E-state index in [2.05, 4.69) is 37.5 Å². The predicted octanol–water partition coefficient (Wildman–Crippen LogP) is 8.27. The average Bonchev–Trinajstić information content (AvgIpc) is 2.86. The van der Waals surface area contributed by atoms with Crippen LogP contribution in [0.25, 0.3) is 11.1 Å². The van der Waals surface area contributed by atoms with Gasteiger partial charge in [0, 0.05) is 11.3 Å². The van der Waals surface area contributed by atoms with E-state index in [9.17, 15) is 10.1 Å². The highest BCUT2D eigenvalue weighted by molar-refractivity contribution is 6.01. The van der Waals surface area contributed by atoms with Crippen LogP contribution in [0.15, 0.2) is 91.0 Å². The van der Waals surface area contributed by atoms with Crippen LogP contribution in [0.2, 0.25) is 0 Å². The SMILES string of the molecule is Cc1ccc(NC(=O)Nc2cc(-c3ccccc3C#N)ccc2Oc2ccccc2C(C)(C)C)cc1. The van der Waals surface area contributed by atoms with Crippen LogP contribution in [0.3, 0.4) is 0 Å². The zero-order valence-electron chi connectivity index (χ0n) is 20.9. The largest absolute Gasteiger partial charge is 0.455 e. The smallest absolute Gasteiger partial charge is 0.323 e. The van der Waals surface area contributed by atoms with Gasteiger partial charge in [0.2, 0.25) is 0 Å². The third kappa shape index (κ3) is 5.73. The number of carbonyl (C=O) groups is 1. The maximum atomic E-state index is 12.9. The number of carbonyl (C=O) groups excluding carboxylic acids is 1. The second-order valence-corrected chi connectivity index (χ2v) is 9.66. The van der Waals surface area contributed by atoms with Gasteiger partial charge in [0.05, 0.1) is 17.3 Å². The summed E-state index contributed by atoms with van der Waals surface area (Å²) in [5.41, 5.74) is 5.35. The van der Waals surface area contributed by atoms with Crippen molar-refractivity contribution in [1.82, 2.24) is 0 Å². The Labute approximate surface area is 212 Å². The summed E-state index contributed by atoms with van der Waals surface area (Å²) in [5.74, 6) is 1.22. The fraction of sp³-hybridized carbons (Fsp3) is 0.161. The van der Waals surface area contributed by atoms with Gasteiger partial charge in [0.25, 0.3) is 0 Å². The Balaban J connectivity index is 1.72. The van der Waals surface area contributed by atoms with E-state index in [0.717, 1.165) is 28.0 Å². The molecule has 0 unspecified atom stereocenters. The summed E-state index contributed by atoms with van der Waals surface area (Å²) in [4.78, 5) is 12.9. The third-order valence-corrected chi connectivity index (χ3v) is 5.81. The molecule has 0 atom stereocenters. The highest BCUT2D eigenvalue weighted by Gasteiger charge is 2.20. The number of anilines is 2. The second-order valence-electron chi connectivity index (χ2n) is 9.66. The molecule has 180 valence electrons. The Kier molecular flexibility index (Phi) is 7.07. The summed E-state index contributed by atoms with van der Waals surface area (Å²) in [6.07, 6.45) is 0. The van der Waals surface area contributed by atoms with Crippen molar-refractivity contribution in [3.8, 4) is 28.7 Å². The summed E-state index contributed by atoms with van der Waals surface area (Å²) >= 11 is 0. The second kappa shape index (κ2) is 10.4. The number of nitrogens with one attached hydrogen (secondary N) is 2. The van der Waals surface area contributed by atoms with Crippen molar-refractivity contribution in [1.29, 1.82) is 5.26 Å². The van der Waals surface area contributed by atoms with Gasteiger partial charge in [-0.1, -0.05) is 80.9 Å². The maximum Gasteiger partial charge on any atom is 0.323 e. The molecule has 2 amide bonds. The average molecular weight is 476 g/mol. The van der Waals surface area contributed by atoms with Crippen LogP contribution in [0.1, 0.15) is 37.5 Å². The highest BCUT2D eigenvalue weighted by Crippen LogP contribution is 2.38. The first kappa shape index (κ1) is 24.6. The highest BCUT2D eigenvalue weighted by atomic mass is 16.5. The van der Waals surface area contributed by atoms with E-state index < -0.39 is 6.03 Å². The molecule has 4 aromatic rings. The maximum absolute atomic E-state index is 12.9. The lowest BCUT2D eigenvalue weighted by Crippen LogP contribution is -2.20. The van der Waals surface area contributed by atoms with Crippen LogP contribution in [-0.2, 0) is 5.41 Å². The van der Waals surface area contributed by atoms with Crippen molar-refractivity contribution in [2.24, 2.45) is 0 Å². The van der Waals surface area contributed by atoms with Crippen LogP contribution in [0.4, 0.5) is 16.2 Å². The molecule has 0 saturated carbocycles. The van der Waals surface area contributed by atoms with Crippen molar-refractivity contribution in [3.63, 3.8) is 0 Å². The summed E-state index contributed by atoms with van der Waals surface area (Å²) in [6.45, 7) is 8.38. The first-order chi connectivity index (χ1) is 17.2. The zero-order valence-corrected chi connectivity index (χ0v) is 20.9. The number of ether oxygens (including phenoxy) is 1. The van der Waals surface area contributed by atoms with Gasteiger partial charge < -0.3 is 15.4 Å². The lowest BCUT2D eigenvalue weighted by Gasteiger charge is -2.23. The number of rotatable bonds is 5. The normalized spacial score (nSPS) is 10.9. The minimum Gasteiger partial charge on any atom is -0.455 e. The van der Waals surface area contributed by atoms with Gasteiger partial charge in [-0.3, -0.25) is 0 Å². The molecule has 0 aliphatic rings. The molecule has 0 aromatic heterocycles. The molecule has 5 heteroatoms. The van der Waals surface area contributed by atoms with E-state index in [1.807, 2.05) is 91.9 Å². The number of hydrogen-bond acceptors (Lipinski definition) is 3. The van der Waals surface area contributed by atoms with Gasteiger partial charge in [-0.15, -0.1) is 0 Å². The minimum absolute atomic E-state index is 0.126. The Morgan fingerprint density at radius 2 is 1.53 bits per heavy atom. The van der Waals surface area contributed by atoms with Gasteiger partial charge in [-0.25, -0.2) is 4.79 Å². The van der Waals surface area contributed by atoms with Crippen molar-refractivity contribution < 1.29 is 9.53 Å². The van der Waals surface area contributed by atoms with Crippen molar-refractivity contribution in [2.45, 2.75) is 33.1 Å². The van der Waals surface area contributed by atoms with Crippen molar-refractivity contribution >= 4 is 17.4 Å². The summed E-state index contributed by atoms with van der Waals surface area (Å²) in [6, 6.07) is 30.3. The lowest BCUT2D eigenvalue weighted by atomic mass is 9.86. The molecule has 36 heavy (non-hydrogen) atoms. The van der Waals surface area contributed by atoms with Gasteiger partial charge in [0.15, 0.2) is 5.75 Å². The summed E-state index contributed by atoms with van der Waals surface area (Å²) < 4.78 is 6.37. The Morgan fingerprint density at radius 1 is 0.833 bits per heavy atom. The van der Waals surface area contributed by atoms with Gasteiger partial charge >= 0.3 is 6.03 Å². The molecular formula is C31H29N3O2. The van der Waals surface area contributed by atoms with E-state index in [0.29, 0.717) is 22.7 Å². The molecule has 4 rings (SSSR count). The van der Waals surface area contributed by atoms with Gasteiger partial charge in [0.1, 0.15) is 5.75 Å². The fourth-order valence-corrected chi connectivity index (χ4v) is 3.93. The number of para-hydroxylation sites is 1. The number of benzene rings is 4. The number of amides is 2. The van der Waals surface area contributed by atoms with E-state index >= 15 is 0 Å². The number of nitriles is 1. The van der Waals surface area contributed by atoms with Crippen molar-refractivity contribution in [3.05, 3.63) is 108 Å². The Bertz CT molecular complexity index is 1430. The van der Waals surface area contributed by atoms with Crippen LogP contribution >= 0.6 is 0 Å². The summed E-state index contributed by atoms with van der Waals surface area (Å²) in [5, 5.41) is 15.4. The molecule has 4 aromatic carbocycles. The van der Waals surface area contributed by atoms with E-state index in [1.165, 1.54) is 0 Å². The van der Waals surface area contributed by atoms with Gasteiger partial charge in [-0.05, 0) is 59.9 Å². The first-order valence-electron chi connectivity index (χ1n) is 11.8. The topological polar surface area (TPSA) is 74.2 Å². The minimum atomic E-state index is -0.390. The molecule has 0 heterocycles. The number of aryl methyl sites for hydroxylation is 1. The van der Waals surface area contributed by atoms with Crippen LogP contribution in [0, 0.1) is 18.3 Å². The van der Waals surface area contributed by atoms with Crippen LogP contribution in [-0.4, -0.2) is 6.03 Å². The molecule has 0 aliphatic heterocycles. The van der Waals surface area contributed by atoms with Gasteiger partial charge in [-0.2, -0.15) is 5.26 Å². The lowest BCUT2D eigenvalue weighted by molar-refractivity contribution is 0.262. The molecule has 2 N–H and O–H groups in total.